The maximum Gasteiger partial charge on any atom is 0.327 e. The van der Waals surface area contributed by atoms with Crippen molar-refractivity contribution < 1.29 is 0 Å². The first-order chi connectivity index (χ1) is 6.74. The lowest BCUT2D eigenvalue weighted by molar-refractivity contribution is 0.553. The average Bonchev–Trinajstić information content (AvgIpc) is 2.53. The number of pyridine rings is 1. The van der Waals surface area contributed by atoms with Crippen LogP contribution in [0.15, 0.2) is 23.1 Å². The van der Waals surface area contributed by atoms with Crippen LogP contribution in [0.2, 0.25) is 0 Å². The van der Waals surface area contributed by atoms with Crippen LogP contribution in [0, 0.1) is 0 Å². The van der Waals surface area contributed by atoms with Gasteiger partial charge in [0.25, 0.3) is 0 Å². The van der Waals surface area contributed by atoms with Crippen molar-refractivity contribution >= 4 is 11.2 Å². The lowest BCUT2D eigenvalue weighted by atomic mass is 10.3. The van der Waals surface area contributed by atoms with Crippen molar-refractivity contribution in [1.82, 2.24) is 14.5 Å². The zero-order chi connectivity index (χ0) is 10.1. The van der Waals surface area contributed by atoms with E-state index < -0.39 is 0 Å². The van der Waals surface area contributed by atoms with Crippen LogP contribution in [0.1, 0.15) is 13.0 Å². The number of hydrogen-bond donors (Lipinski definition) is 2. The zero-order valence-corrected chi connectivity index (χ0v) is 7.90. The van der Waals surface area contributed by atoms with Gasteiger partial charge in [-0.1, -0.05) is 0 Å². The summed E-state index contributed by atoms with van der Waals surface area (Å²) in [5, 5.41) is 0. The van der Waals surface area contributed by atoms with Gasteiger partial charge in [0.1, 0.15) is 0 Å². The monoisotopic (exact) mass is 192 g/mol. The van der Waals surface area contributed by atoms with Crippen LogP contribution in [0.5, 0.6) is 0 Å². The van der Waals surface area contributed by atoms with Crippen LogP contribution < -0.4 is 11.4 Å². The van der Waals surface area contributed by atoms with Crippen LogP contribution >= 0.6 is 0 Å². The third-order valence-electron chi connectivity index (χ3n) is 2.26. The first-order valence-corrected chi connectivity index (χ1v) is 4.49. The molecule has 1 unspecified atom stereocenters. The Morgan fingerprint density at radius 1 is 1.71 bits per heavy atom. The number of nitrogens with zero attached hydrogens (tertiary/aromatic N) is 2. The molecule has 0 bridgehead atoms. The molecule has 2 rings (SSSR count). The summed E-state index contributed by atoms with van der Waals surface area (Å²) >= 11 is 0. The summed E-state index contributed by atoms with van der Waals surface area (Å²) in [6.07, 6.45) is 1.66. The van der Waals surface area contributed by atoms with E-state index in [1.807, 2.05) is 13.0 Å². The van der Waals surface area contributed by atoms with E-state index in [2.05, 4.69) is 9.97 Å². The molecule has 2 aromatic rings. The second-order valence-electron chi connectivity index (χ2n) is 3.26. The number of nitrogens with one attached hydrogen (secondary N) is 1. The molecule has 1 atom stereocenters. The number of nitrogens with two attached hydrogens (primary N) is 1. The first kappa shape index (κ1) is 8.96. The Bertz CT molecular complexity index is 499. The van der Waals surface area contributed by atoms with Gasteiger partial charge < -0.3 is 10.7 Å². The fourth-order valence-electron chi connectivity index (χ4n) is 1.47. The molecule has 0 radical (unpaired) electrons. The van der Waals surface area contributed by atoms with Gasteiger partial charge in [0, 0.05) is 18.8 Å². The highest BCUT2D eigenvalue weighted by Gasteiger charge is 2.11. The number of hydrogen-bond acceptors (Lipinski definition) is 3. The number of rotatable bonds is 2. The number of aromatic amines is 1. The Balaban J connectivity index is 2.74. The maximum absolute atomic E-state index is 11.6. The number of fused-ring (bicyclic) bond motifs is 1. The van der Waals surface area contributed by atoms with Crippen molar-refractivity contribution in [2.45, 2.75) is 13.0 Å². The highest BCUT2D eigenvalue weighted by Crippen LogP contribution is 2.10. The molecule has 0 saturated heterocycles. The first-order valence-electron chi connectivity index (χ1n) is 4.49. The summed E-state index contributed by atoms with van der Waals surface area (Å²) in [6.45, 7) is 2.31. The van der Waals surface area contributed by atoms with Crippen molar-refractivity contribution in [3.8, 4) is 0 Å². The van der Waals surface area contributed by atoms with E-state index in [1.165, 1.54) is 0 Å². The summed E-state index contributed by atoms with van der Waals surface area (Å²) in [7, 11) is 0. The third-order valence-corrected chi connectivity index (χ3v) is 2.26. The minimum atomic E-state index is -0.156. The van der Waals surface area contributed by atoms with Crippen LogP contribution in [0.25, 0.3) is 11.2 Å². The van der Waals surface area contributed by atoms with E-state index in [1.54, 1.807) is 16.8 Å². The summed E-state index contributed by atoms with van der Waals surface area (Å²) in [5.41, 5.74) is 6.78. The summed E-state index contributed by atoms with van der Waals surface area (Å²) in [4.78, 5) is 18.4. The fourth-order valence-corrected chi connectivity index (χ4v) is 1.47. The van der Waals surface area contributed by atoms with Crippen molar-refractivity contribution in [3.05, 3.63) is 28.8 Å². The Morgan fingerprint density at radius 3 is 3.21 bits per heavy atom. The maximum atomic E-state index is 11.6. The molecule has 14 heavy (non-hydrogen) atoms. The van der Waals surface area contributed by atoms with Crippen LogP contribution in [0.4, 0.5) is 0 Å². The summed E-state index contributed by atoms with van der Waals surface area (Å²) in [5.74, 6) is 0. The predicted octanol–water partition coefficient (Wildman–Crippen LogP) is 0.244. The molecular formula is C9H12N4O. The van der Waals surface area contributed by atoms with E-state index in [9.17, 15) is 4.79 Å². The Labute approximate surface area is 80.6 Å². The quantitative estimate of drug-likeness (QED) is 0.715. The lowest BCUT2D eigenvalue weighted by Gasteiger charge is -2.08. The van der Waals surface area contributed by atoms with E-state index >= 15 is 0 Å². The minimum Gasteiger partial charge on any atom is -0.328 e. The molecule has 0 aliphatic carbocycles. The largest absolute Gasteiger partial charge is 0.328 e. The van der Waals surface area contributed by atoms with Gasteiger partial charge >= 0.3 is 5.69 Å². The molecular weight excluding hydrogens is 180 g/mol. The van der Waals surface area contributed by atoms with Gasteiger partial charge in [-0.15, -0.1) is 0 Å². The molecule has 74 valence electrons. The second kappa shape index (κ2) is 3.26. The summed E-state index contributed by atoms with van der Waals surface area (Å²) in [6, 6.07) is 3.57. The molecule has 0 aliphatic heterocycles. The van der Waals surface area contributed by atoms with Crippen molar-refractivity contribution in [2.75, 3.05) is 6.54 Å². The molecule has 5 heteroatoms. The molecule has 0 amide bonds. The van der Waals surface area contributed by atoms with Crippen molar-refractivity contribution in [1.29, 1.82) is 0 Å². The van der Waals surface area contributed by atoms with Crippen LogP contribution in [0.3, 0.4) is 0 Å². The van der Waals surface area contributed by atoms with E-state index in [4.69, 9.17) is 5.73 Å². The average molecular weight is 192 g/mol. The van der Waals surface area contributed by atoms with E-state index in [0.29, 0.717) is 12.2 Å². The molecule has 0 aromatic carbocycles. The molecule has 0 saturated carbocycles. The minimum absolute atomic E-state index is 0.0360. The SMILES string of the molecule is CC(CN)n1c(=O)[nH]c2cccnc21. The van der Waals surface area contributed by atoms with E-state index in [0.717, 1.165) is 5.52 Å². The fraction of sp³-hybridized carbons (Fsp3) is 0.333. The predicted molar refractivity (Wildman–Crippen MR) is 54.1 cm³/mol. The van der Waals surface area contributed by atoms with Gasteiger partial charge in [-0.3, -0.25) is 4.57 Å². The van der Waals surface area contributed by atoms with Crippen LogP contribution in [-0.4, -0.2) is 21.1 Å². The Hall–Kier alpha value is -1.62. The third kappa shape index (κ3) is 1.22. The number of imidazole rings is 1. The van der Waals surface area contributed by atoms with Gasteiger partial charge in [0.05, 0.1) is 5.52 Å². The van der Waals surface area contributed by atoms with Gasteiger partial charge in [-0.05, 0) is 19.1 Å². The highest BCUT2D eigenvalue weighted by atomic mass is 16.1. The smallest absolute Gasteiger partial charge is 0.327 e. The van der Waals surface area contributed by atoms with Crippen molar-refractivity contribution in [3.63, 3.8) is 0 Å². The highest BCUT2D eigenvalue weighted by molar-refractivity contribution is 5.70. The normalized spacial score (nSPS) is 13.3. The van der Waals surface area contributed by atoms with Gasteiger partial charge in [-0.2, -0.15) is 0 Å². The van der Waals surface area contributed by atoms with Gasteiger partial charge in [0.2, 0.25) is 0 Å². The topological polar surface area (TPSA) is 76.7 Å². The molecule has 5 nitrogen and oxygen atoms in total. The lowest BCUT2D eigenvalue weighted by Crippen LogP contribution is -2.25. The Morgan fingerprint density at radius 2 is 2.50 bits per heavy atom. The molecule has 0 aliphatic rings. The second-order valence-corrected chi connectivity index (χ2v) is 3.26. The number of aromatic nitrogens is 3. The molecule has 0 fully saturated rings. The molecule has 3 N–H and O–H groups in total. The zero-order valence-electron chi connectivity index (χ0n) is 7.90. The standard InChI is InChI=1S/C9H12N4O/c1-6(5-10)13-8-7(12-9(13)14)3-2-4-11-8/h2-4,6H,5,10H2,1H3,(H,12,14). The molecule has 2 aromatic heterocycles. The van der Waals surface area contributed by atoms with Crippen LogP contribution in [-0.2, 0) is 0 Å². The van der Waals surface area contributed by atoms with E-state index in [-0.39, 0.29) is 11.7 Å². The molecule has 2 heterocycles. The van der Waals surface area contributed by atoms with Gasteiger partial charge in [-0.25, -0.2) is 9.78 Å². The van der Waals surface area contributed by atoms with Crippen molar-refractivity contribution in [2.24, 2.45) is 5.73 Å². The summed E-state index contributed by atoms with van der Waals surface area (Å²) < 4.78 is 1.58. The molecule has 0 spiro atoms. The number of H-pyrrole nitrogens is 1. The van der Waals surface area contributed by atoms with Gasteiger partial charge in [0.15, 0.2) is 5.65 Å². The Kier molecular flexibility index (Phi) is 2.09.